The minimum absolute atomic E-state index is 0.155. The zero-order chi connectivity index (χ0) is 19.5. The van der Waals surface area contributed by atoms with Gasteiger partial charge in [0.2, 0.25) is 0 Å². The van der Waals surface area contributed by atoms with Gasteiger partial charge in [0, 0.05) is 50.6 Å². The van der Waals surface area contributed by atoms with Crippen LogP contribution in [0.5, 0.6) is 0 Å². The highest BCUT2D eigenvalue weighted by molar-refractivity contribution is 5.44. The second-order valence-corrected chi connectivity index (χ2v) is 7.22. The van der Waals surface area contributed by atoms with Gasteiger partial charge in [-0.2, -0.15) is 0 Å². The third-order valence-electron chi connectivity index (χ3n) is 4.90. The predicted molar refractivity (Wildman–Crippen MR) is 104 cm³/mol. The van der Waals surface area contributed by atoms with Crippen LogP contribution in [0.15, 0.2) is 48.9 Å². The number of halogens is 1. The fourth-order valence-corrected chi connectivity index (χ4v) is 3.31. The maximum atomic E-state index is 13.2. The Morgan fingerprint density at radius 2 is 1.93 bits per heavy atom. The minimum atomic E-state index is -0.306. The van der Waals surface area contributed by atoms with E-state index in [-0.39, 0.29) is 17.8 Å². The highest BCUT2D eigenvalue weighted by Gasteiger charge is 2.26. The largest absolute Gasteiger partial charge is 0.389 e. The molecule has 0 unspecified atom stereocenters. The molecular weight excluding hydrogens is 357 g/mol. The second-order valence-electron chi connectivity index (χ2n) is 7.22. The number of hydrogen-bond donors (Lipinski definition) is 1. The number of β-amino-alcohol motifs (C(OH)–C–C–N with tert-alkyl or cyclic N) is 1. The van der Waals surface area contributed by atoms with E-state index < -0.39 is 0 Å². The monoisotopic (exact) mass is 379 g/mol. The molecule has 0 amide bonds. The summed E-state index contributed by atoms with van der Waals surface area (Å²) < 4.78 is 13.2. The highest BCUT2D eigenvalue weighted by atomic mass is 19.1. The van der Waals surface area contributed by atoms with Crippen molar-refractivity contribution < 1.29 is 9.50 Å². The van der Waals surface area contributed by atoms with Gasteiger partial charge in [-0.15, -0.1) is 0 Å². The van der Waals surface area contributed by atoms with E-state index in [1.165, 1.54) is 12.1 Å². The molecule has 1 aromatic carbocycles. The van der Waals surface area contributed by atoms with Crippen molar-refractivity contribution in [3.63, 3.8) is 0 Å². The fraction of sp³-hybridized carbons (Fsp3) is 0.333. The van der Waals surface area contributed by atoms with E-state index in [9.17, 15) is 9.50 Å². The SMILES string of the molecule is C[C@H](Cc1nc(Cc2cnccn2)cc(N2CC(O)C2)n1)c1ccc(F)cc1. The van der Waals surface area contributed by atoms with Crippen LogP contribution in [0, 0.1) is 5.82 Å². The highest BCUT2D eigenvalue weighted by Crippen LogP contribution is 2.24. The number of hydrogen-bond acceptors (Lipinski definition) is 6. The molecule has 2 aromatic heterocycles. The lowest BCUT2D eigenvalue weighted by Gasteiger charge is -2.37. The molecule has 1 saturated heterocycles. The van der Waals surface area contributed by atoms with Crippen LogP contribution >= 0.6 is 0 Å². The molecule has 1 fully saturated rings. The third-order valence-corrected chi connectivity index (χ3v) is 4.90. The lowest BCUT2D eigenvalue weighted by atomic mass is 9.97. The summed E-state index contributed by atoms with van der Waals surface area (Å²) in [4.78, 5) is 19.9. The summed E-state index contributed by atoms with van der Waals surface area (Å²) in [7, 11) is 0. The van der Waals surface area contributed by atoms with Crippen molar-refractivity contribution >= 4 is 5.82 Å². The maximum absolute atomic E-state index is 13.2. The molecule has 0 spiro atoms. The van der Waals surface area contributed by atoms with Crippen LogP contribution in [0.2, 0.25) is 0 Å². The van der Waals surface area contributed by atoms with Crippen LogP contribution in [0.25, 0.3) is 0 Å². The first-order chi connectivity index (χ1) is 13.6. The molecule has 1 N–H and O–H groups in total. The number of benzene rings is 1. The maximum Gasteiger partial charge on any atom is 0.132 e. The number of nitrogens with zero attached hydrogens (tertiary/aromatic N) is 5. The molecule has 0 bridgehead atoms. The number of aliphatic hydroxyl groups is 1. The Kier molecular flexibility index (Phi) is 5.25. The number of rotatable bonds is 6. The van der Waals surface area contributed by atoms with Gasteiger partial charge in [0.15, 0.2) is 0 Å². The Labute approximate surface area is 163 Å². The van der Waals surface area contributed by atoms with Crippen LogP contribution in [0.1, 0.15) is 35.6 Å². The van der Waals surface area contributed by atoms with E-state index in [0.29, 0.717) is 25.9 Å². The van der Waals surface area contributed by atoms with Gasteiger partial charge in [-0.05, 0) is 23.6 Å². The van der Waals surface area contributed by atoms with Gasteiger partial charge in [-0.25, -0.2) is 14.4 Å². The van der Waals surface area contributed by atoms with Gasteiger partial charge in [0.05, 0.1) is 17.5 Å². The topological polar surface area (TPSA) is 75.0 Å². The summed E-state index contributed by atoms with van der Waals surface area (Å²) in [5.74, 6) is 1.47. The van der Waals surface area contributed by atoms with Gasteiger partial charge < -0.3 is 10.0 Å². The first kappa shape index (κ1) is 18.4. The van der Waals surface area contributed by atoms with Gasteiger partial charge in [-0.1, -0.05) is 19.1 Å². The van der Waals surface area contributed by atoms with Gasteiger partial charge >= 0.3 is 0 Å². The van der Waals surface area contributed by atoms with Crippen molar-refractivity contribution in [3.05, 3.63) is 77.5 Å². The zero-order valence-corrected chi connectivity index (χ0v) is 15.7. The molecular formula is C21H22FN5O. The van der Waals surface area contributed by atoms with E-state index >= 15 is 0 Å². The second kappa shape index (κ2) is 7.98. The van der Waals surface area contributed by atoms with E-state index in [1.54, 1.807) is 30.7 Å². The Hall–Kier alpha value is -2.93. The number of aromatic nitrogens is 4. The Balaban J connectivity index is 1.58. The lowest BCUT2D eigenvalue weighted by Crippen LogP contribution is -2.51. The number of anilines is 1. The van der Waals surface area contributed by atoms with E-state index in [0.717, 1.165) is 28.6 Å². The first-order valence-electron chi connectivity index (χ1n) is 9.37. The first-order valence-corrected chi connectivity index (χ1v) is 9.37. The molecule has 3 heterocycles. The fourth-order valence-electron chi connectivity index (χ4n) is 3.31. The Bertz CT molecular complexity index is 929. The molecule has 0 radical (unpaired) electrons. The summed E-state index contributed by atoms with van der Waals surface area (Å²) in [6, 6.07) is 8.51. The van der Waals surface area contributed by atoms with Crippen LogP contribution in [0.3, 0.4) is 0 Å². The smallest absolute Gasteiger partial charge is 0.132 e. The summed E-state index contributed by atoms with van der Waals surface area (Å²) >= 11 is 0. The summed E-state index contributed by atoms with van der Waals surface area (Å²) in [5, 5.41) is 9.64. The molecule has 6 nitrogen and oxygen atoms in total. The summed E-state index contributed by atoms with van der Waals surface area (Å²) in [6.07, 6.45) is 5.95. The predicted octanol–water partition coefficient (Wildman–Crippen LogP) is 2.52. The van der Waals surface area contributed by atoms with Crippen LogP contribution < -0.4 is 4.90 Å². The number of aliphatic hydroxyl groups excluding tert-OH is 1. The van der Waals surface area contributed by atoms with E-state index in [2.05, 4.69) is 16.9 Å². The van der Waals surface area contributed by atoms with Crippen LogP contribution in [-0.4, -0.2) is 44.2 Å². The quantitative estimate of drug-likeness (QED) is 0.709. The van der Waals surface area contributed by atoms with Gasteiger partial charge in [-0.3, -0.25) is 9.97 Å². The molecule has 1 atom stereocenters. The van der Waals surface area contributed by atoms with Crippen molar-refractivity contribution in [2.45, 2.75) is 31.8 Å². The molecule has 28 heavy (non-hydrogen) atoms. The lowest BCUT2D eigenvalue weighted by molar-refractivity contribution is 0.141. The van der Waals surface area contributed by atoms with Crippen molar-refractivity contribution in [3.8, 4) is 0 Å². The van der Waals surface area contributed by atoms with Crippen molar-refractivity contribution in [2.24, 2.45) is 0 Å². The van der Waals surface area contributed by atoms with Crippen molar-refractivity contribution in [1.82, 2.24) is 19.9 Å². The Morgan fingerprint density at radius 1 is 1.14 bits per heavy atom. The zero-order valence-electron chi connectivity index (χ0n) is 15.7. The molecule has 0 aliphatic carbocycles. The molecule has 144 valence electrons. The standard InChI is InChI=1S/C21H22FN5O/c1-14(15-2-4-16(22)5-3-15)8-20-25-17(9-18-11-23-6-7-24-18)10-21(26-20)27-12-19(28)13-27/h2-7,10-11,14,19,28H,8-9,12-13H2,1H3/t14-/m1/s1. The molecule has 7 heteroatoms. The third kappa shape index (κ3) is 4.31. The van der Waals surface area contributed by atoms with Crippen molar-refractivity contribution in [1.29, 1.82) is 0 Å². The van der Waals surface area contributed by atoms with Crippen LogP contribution in [0.4, 0.5) is 10.2 Å². The molecule has 4 rings (SSSR count). The van der Waals surface area contributed by atoms with Gasteiger partial charge in [0.1, 0.15) is 17.5 Å². The minimum Gasteiger partial charge on any atom is -0.389 e. The average Bonchev–Trinajstić information content (AvgIpc) is 2.66. The molecule has 1 aliphatic heterocycles. The summed E-state index contributed by atoms with van der Waals surface area (Å²) in [6.45, 7) is 3.24. The normalized spacial score (nSPS) is 15.3. The van der Waals surface area contributed by atoms with Gasteiger partial charge in [0.25, 0.3) is 0 Å². The summed E-state index contributed by atoms with van der Waals surface area (Å²) in [5.41, 5.74) is 2.76. The molecule has 1 aliphatic rings. The van der Waals surface area contributed by atoms with E-state index in [1.807, 2.05) is 11.0 Å². The average molecular weight is 379 g/mol. The molecule has 0 saturated carbocycles. The Morgan fingerprint density at radius 3 is 2.61 bits per heavy atom. The van der Waals surface area contributed by atoms with Crippen molar-refractivity contribution in [2.75, 3.05) is 18.0 Å². The van der Waals surface area contributed by atoms with E-state index in [4.69, 9.17) is 9.97 Å². The molecule has 3 aromatic rings. The van der Waals surface area contributed by atoms with Crippen LogP contribution in [-0.2, 0) is 12.8 Å².